The molecule has 2 aliphatic rings. The summed E-state index contributed by atoms with van der Waals surface area (Å²) in [5, 5.41) is 12.4. The molecule has 2 fully saturated rings. The van der Waals surface area contributed by atoms with E-state index < -0.39 is 10.8 Å². The molecule has 0 radical (unpaired) electrons. The molecular weight excluding hydrogens is 300 g/mol. The number of aliphatic hydroxyl groups excluding tert-OH is 1. The summed E-state index contributed by atoms with van der Waals surface area (Å²) in [5.74, 6) is 0.661. The second kappa shape index (κ2) is 8.87. The monoisotopic (exact) mass is 330 g/mol. The van der Waals surface area contributed by atoms with Crippen LogP contribution in [0, 0.1) is 0 Å². The molecule has 0 aromatic heterocycles. The van der Waals surface area contributed by atoms with Crippen molar-refractivity contribution in [1.82, 2.24) is 10.2 Å². The summed E-state index contributed by atoms with van der Waals surface area (Å²) in [7, 11) is -0.850. The Balaban J connectivity index is 1.97. The van der Waals surface area contributed by atoms with Crippen molar-refractivity contribution < 1.29 is 14.1 Å². The molecule has 128 valence electrons. The molecular formula is C16H30N2O3S. The fourth-order valence-electron chi connectivity index (χ4n) is 3.75. The van der Waals surface area contributed by atoms with Gasteiger partial charge in [-0.15, -0.1) is 0 Å². The van der Waals surface area contributed by atoms with Gasteiger partial charge in [-0.1, -0.05) is 19.8 Å². The molecule has 0 spiro atoms. The Labute approximate surface area is 136 Å². The normalized spacial score (nSPS) is 30.8. The van der Waals surface area contributed by atoms with Crippen LogP contribution in [0.3, 0.4) is 0 Å². The Morgan fingerprint density at radius 2 is 1.95 bits per heavy atom. The quantitative estimate of drug-likeness (QED) is 0.810. The van der Waals surface area contributed by atoms with E-state index >= 15 is 0 Å². The van der Waals surface area contributed by atoms with Gasteiger partial charge in [0.15, 0.2) is 0 Å². The van der Waals surface area contributed by atoms with E-state index in [9.17, 15) is 14.1 Å². The number of carbonyl (C=O) groups excluding carboxylic acids is 1. The van der Waals surface area contributed by atoms with Crippen LogP contribution < -0.4 is 5.32 Å². The van der Waals surface area contributed by atoms with Crippen molar-refractivity contribution in [3.63, 3.8) is 0 Å². The van der Waals surface area contributed by atoms with Gasteiger partial charge in [-0.05, 0) is 38.5 Å². The van der Waals surface area contributed by atoms with Crippen molar-refractivity contribution >= 4 is 16.8 Å². The summed E-state index contributed by atoms with van der Waals surface area (Å²) in [6, 6.07) is 0.166. The van der Waals surface area contributed by atoms with Gasteiger partial charge in [-0.3, -0.25) is 4.21 Å². The summed E-state index contributed by atoms with van der Waals surface area (Å²) in [5.41, 5.74) is 0. The lowest BCUT2D eigenvalue weighted by Gasteiger charge is -2.38. The third-order valence-electron chi connectivity index (χ3n) is 4.98. The van der Waals surface area contributed by atoms with E-state index in [1.807, 2.05) is 11.8 Å². The molecule has 6 heteroatoms. The van der Waals surface area contributed by atoms with Gasteiger partial charge in [0, 0.05) is 41.8 Å². The Morgan fingerprint density at radius 3 is 2.68 bits per heavy atom. The van der Waals surface area contributed by atoms with Crippen LogP contribution in [0.15, 0.2) is 0 Å². The van der Waals surface area contributed by atoms with Crippen LogP contribution in [-0.4, -0.2) is 56.5 Å². The first kappa shape index (κ1) is 17.7. The molecule has 22 heavy (non-hydrogen) atoms. The van der Waals surface area contributed by atoms with Crippen LogP contribution >= 0.6 is 0 Å². The van der Waals surface area contributed by atoms with Crippen LogP contribution in [0.1, 0.15) is 58.3 Å². The van der Waals surface area contributed by atoms with Gasteiger partial charge in [0.25, 0.3) is 0 Å². The van der Waals surface area contributed by atoms with Gasteiger partial charge >= 0.3 is 6.03 Å². The molecule has 4 unspecified atom stereocenters. The maximum absolute atomic E-state index is 12.6. The summed E-state index contributed by atoms with van der Waals surface area (Å²) in [4.78, 5) is 14.5. The van der Waals surface area contributed by atoms with Crippen molar-refractivity contribution in [2.75, 3.05) is 18.9 Å². The Bertz CT molecular complexity index is 390. The lowest BCUT2D eigenvalue weighted by Crippen LogP contribution is -2.55. The molecule has 0 aromatic rings. The number of carbonyl (C=O) groups is 1. The van der Waals surface area contributed by atoms with Crippen LogP contribution in [0.25, 0.3) is 0 Å². The van der Waals surface area contributed by atoms with Gasteiger partial charge in [-0.2, -0.15) is 0 Å². The van der Waals surface area contributed by atoms with Gasteiger partial charge in [0.2, 0.25) is 0 Å². The molecule has 0 bridgehead atoms. The minimum Gasteiger partial charge on any atom is -0.396 e. The van der Waals surface area contributed by atoms with Gasteiger partial charge in [-0.25, -0.2) is 4.79 Å². The highest BCUT2D eigenvalue weighted by Gasteiger charge is 2.33. The highest BCUT2D eigenvalue weighted by Crippen LogP contribution is 2.25. The van der Waals surface area contributed by atoms with Crippen molar-refractivity contribution in [1.29, 1.82) is 0 Å². The number of amides is 2. The topological polar surface area (TPSA) is 69.6 Å². The molecule has 5 nitrogen and oxygen atoms in total. The van der Waals surface area contributed by atoms with E-state index in [1.54, 1.807) is 0 Å². The minimum atomic E-state index is -0.850. The minimum absolute atomic E-state index is 0.0249. The number of rotatable bonds is 5. The van der Waals surface area contributed by atoms with E-state index in [-0.39, 0.29) is 30.0 Å². The highest BCUT2D eigenvalue weighted by atomic mass is 32.2. The third-order valence-corrected chi connectivity index (χ3v) is 6.79. The molecule has 2 N–H and O–H groups in total. The van der Waals surface area contributed by atoms with Crippen LogP contribution in [0.5, 0.6) is 0 Å². The predicted octanol–water partition coefficient (Wildman–Crippen LogP) is 2.01. The molecule has 1 heterocycles. The number of piperidine rings is 1. The van der Waals surface area contributed by atoms with Gasteiger partial charge in [0.05, 0.1) is 5.25 Å². The lowest BCUT2D eigenvalue weighted by atomic mass is 9.94. The molecule has 2 amide bonds. The zero-order chi connectivity index (χ0) is 15.9. The number of likely N-dealkylation sites (tertiary alicyclic amines) is 1. The van der Waals surface area contributed by atoms with E-state index in [0.29, 0.717) is 12.2 Å². The molecule has 1 aliphatic carbocycles. The molecule has 1 saturated carbocycles. The summed E-state index contributed by atoms with van der Waals surface area (Å²) >= 11 is 0. The summed E-state index contributed by atoms with van der Waals surface area (Å²) in [6.07, 6.45) is 7.88. The number of urea groups is 1. The maximum Gasteiger partial charge on any atom is 0.317 e. The van der Waals surface area contributed by atoms with Gasteiger partial charge < -0.3 is 15.3 Å². The van der Waals surface area contributed by atoms with Gasteiger partial charge in [0.1, 0.15) is 0 Å². The second-order valence-corrected chi connectivity index (χ2v) is 8.35. The standard InChI is InChI=1S/C16H30N2O3S/c1-2-22(21)15-9-4-3-8-14(15)17-16(20)18-11-6-5-7-13(18)10-12-19/h13-15,19H,2-12H2,1H3,(H,17,20). The average molecular weight is 330 g/mol. The molecule has 1 aliphatic heterocycles. The zero-order valence-corrected chi connectivity index (χ0v) is 14.4. The highest BCUT2D eigenvalue weighted by molar-refractivity contribution is 7.85. The van der Waals surface area contributed by atoms with Crippen LogP contribution in [-0.2, 0) is 10.8 Å². The fraction of sp³-hybridized carbons (Fsp3) is 0.938. The maximum atomic E-state index is 12.6. The SMILES string of the molecule is CCS(=O)C1CCCCC1NC(=O)N1CCCCC1CCO. The van der Waals surface area contributed by atoms with E-state index in [2.05, 4.69) is 5.32 Å². The first-order valence-corrected chi connectivity index (χ1v) is 10.1. The Kier molecular flexibility index (Phi) is 7.15. The lowest BCUT2D eigenvalue weighted by molar-refractivity contribution is 0.128. The fourth-order valence-corrected chi connectivity index (χ4v) is 5.18. The van der Waals surface area contributed by atoms with Crippen molar-refractivity contribution in [3.8, 4) is 0 Å². The summed E-state index contributed by atoms with van der Waals surface area (Å²) < 4.78 is 12.2. The van der Waals surface area contributed by atoms with Crippen LogP contribution in [0.2, 0.25) is 0 Å². The van der Waals surface area contributed by atoms with E-state index in [1.165, 1.54) is 0 Å². The second-order valence-electron chi connectivity index (χ2n) is 6.40. The zero-order valence-electron chi connectivity index (χ0n) is 13.6. The predicted molar refractivity (Wildman–Crippen MR) is 89.3 cm³/mol. The van der Waals surface area contributed by atoms with Crippen molar-refractivity contribution in [2.45, 2.75) is 75.6 Å². The van der Waals surface area contributed by atoms with Crippen molar-refractivity contribution in [2.24, 2.45) is 0 Å². The number of aliphatic hydroxyl groups is 1. The van der Waals surface area contributed by atoms with Crippen molar-refractivity contribution in [3.05, 3.63) is 0 Å². The average Bonchev–Trinajstić information content (AvgIpc) is 2.55. The Morgan fingerprint density at radius 1 is 1.23 bits per heavy atom. The van der Waals surface area contributed by atoms with E-state index in [0.717, 1.165) is 51.5 Å². The summed E-state index contributed by atoms with van der Waals surface area (Å²) in [6.45, 7) is 2.84. The van der Waals surface area contributed by atoms with E-state index in [4.69, 9.17) is 0 Å². The first-order valence-electron chi connectivity index (χ1n) is 8.72. The number of hydrogen-bond acceptors (Lipinski definition) is 3. The third kappa shape index (κ3) is 4.44. The van der Waals surface area contributed by atoms with Crippen LogP contribution in [0.4, 0.5) is 4.79 Å². The molecule has 0 aromatic carbocycles. The molecule has 4 atom stereocenters. The number of nitrogens with zero attached hydrogens (tertiary/aromatic N) is 1. The molecule has 2 rings (SSSR count). The largest absolute Gasteiger partial charge is 0.396 e. The number of hydrogen-bond donors (Lipinski definition) is 2. The Hall–Kier alpha value is -0.620. The smallest absolute Gasteiger partial charge is 0.317 e. The number of nitrogens with one attached hydrogen (secondary N) is 1. The first-order chi connectivity index (χ1) is 10.7. The molecule has 1 saturated heterocycles.